The van der Waals surface area contributed by atoms with Crippen molar-refractivity contribution < 1.29 is 14.5 Å². The number of rotatable bonds is 3. The zero-order chi connectivity index (χ0) is 14.3. The lowest BCUT2D eigenvalue weighted by molar-refractivity contribution is -0.385. The van der Waals surface area contributed by atoms with Gasteiger partial charge in [0.05, 0.1) is 17.6 Å². The molecule has 1 aromatic carbocycles. The van der Waals surface area contributed by atoms with Crippen LogP contribution in [0, 0.1) is 10.1 Å². The number of ether oxygens (including phenoxy) is 1. The van der Waals surface area contributed by atoms with Crippen molar-refractivity contribution in [3.05, 3.63) is 68.8 Å². The molecule has 0 heterocycles. The number of nitro benzene ring substituents is 1. The smallest absolute Gasteiger partial charge is 0.344 e. The SMILES string of the molecule is COC(=O)c1cccc(C2=C3C=CC(=C2)C3)c1[N+](=O)[O-]. The van der Waals surface area contributed by atoms with E-state index in [1.807, 2.05) is 18.2 Å². The van der Waals surface area contributed by atoms with Crippen LogP contribution in [0.2, 0.25) is 0 Å². The van der Waals surface area contributed by atoms with Crippen LogP contribution < -0.4 is 0 Å². The number of methoxy groups -OCH3 is 1. The zero-order valence-corrected chi connectivity index (χ0v) is 10.8. The van der Waals surface area contributed by atoms with Crippen molar-refractivity contribution in [3.63, 3.8) is 0 Å². The van der Waals surface area contributed by atoms with Gasteiger partial charge in [-0.15, -0.1) is 0 Å². The molecule has 5 nitrogen and oxygen atoms in total. The molecule has 0 saturated heterocycles. The first kappa shape index (κ1) is 12.3. The van der Waals surface area contributed by atoms with Crippen molar-refractivity contribution >= 4 is 17.2 Å². The van der Waals surface area contributed by atoms with Gasteiger partial charge >= 0.3 is 5.97 Å². The molecule has 0 fully saturated rings. The molecule has 5 heteroatoms. The van der Waals surface area contributed by atoms with E-state index in [1.165, 1.54) is 13.2 Å². The van der Waals surface area contributed by atoms with Crippen LogP contribution in [0.15, 0.2) is 47.6 Å². The molecular weight excluding hydrogens is 258 g/mol. The van der Waals surface area contributed by atoms with Gasteiger partial charge in [0.1, 0.15) is 5.56 Å². The molecular formula is C15H11NO4. The van der Waals surface area contributed by atoms with Crippen LogP contribution in [0.4, 0.5) is 5.69 Å². The molecule has 3 rings (SSSR count). The Hall–Kier alpha value is -2.69. The standard InChI is InChI=1S/C15H11NO4/c1-20-15(17)12-4-2-3-11(14(12)16(18)19)13-8-9-5-6-10(13)7-9/h2-6,8H,7H2,1H3. The normalized spacial score (nSPS) is 15.6. The fraction of sp³-hybridized carbons (Fsp3) is 0.133. The minimum absolute atomic E-state index is 0.0201. The van der Waals surface area contributed by atoms with Gasteiger partial charge in [0.2, 0.25) is 0 Å². The minimum atomic E-state index is -0.699. The fourth-order valence-electron chi connectivity index (χ4n) is 2.59. The number of nitrogens with zero attached hydrogens (tertiary/aromatic N) is 1. The lowest BCUT2D eigenvalue weighted by Crippen LogP contribution is -2.07. The minimum Gasteiger partial charge on any atom is -0.465 e. The van der Waals surface area contributed by atoms with E-state index in [1.54, 1.807) is 12.1 Å². The largest absolute Gasteiger partial charge is 0.465 e. The summed E-state index contributed by atoms with van der Waals surface area (Å²) < 4.78 is 4.62. The van der Waals surface area contributed by atoms with Gasteiger partial charge in [-0.2, -0.15) is 0 Å². The number of benzene rings is 1. The zero-order valence-electron chi connectivity index (χ0n) is 10.8. The van der Waals surface area contributed by atoms with Gasteiger partial charge in [-0.25, -0.2) is 4.79 Å². The molecule has 0 amide bonds. The first-order valence-electron chi connectivity index (χ1n) is 6.09. The number of para-hydroxylation sites is 1. The number of carbonyl (C=O) groups is 1. The lowest BCUT2D eigenvalue weighted by Gasteiger charge is -2.08. The van der Waals surface area contributed by atoms with Crippen LogP contribution in [-0.4, -0.2) is 18.0 Å². The molecule has 0 spiro atoms. The number of hydrogen-bond acceptors (Lipinski definition) is 4. The third-order valence-corrected chi connectivity index (χ3v) is 3.48. The van der Waals surface area contributed by atoms with Crippen LogP contribution >= 0.6 is 0 Å². The maximum Gasteiger partial charge on any atom is 0.344 e. The van der Waals surface area contributed by atoms with Gasteiger partial charge in [0.25, 0.3) is 5.69 Å². The highest BCUT2D eigenvalue weighted by atomic mass is 16.6. The summed E-state index contributed by atoms with van der Waals surface area (Å²) in [6.45, 7) is 0. The summed E-state index contributed by atoms with van der Waals surface area (Å²) in [6, 6.07) is 4.71. The number of fused-ring (bicyclic) bond motifs is 2. The molecule has 1 aromatic rings. The summed E-state index contributed by atoms with van der Waals surface area (Å²) in [4.78, 5) is 22.5. The van der Waals surface area contributed by atoms with Crippen molar-refractivity contribution in [2.75, 3.05) is 7.11 Å². The predicted molar refractivity (Wildman–Crippen MR) is 73.2 cm³/mol. The number of esters is 1. The summed E-state index contributed by atoms with van der Waals surface area (Å²) in [5, 5.41) is 11.4. The molecule has 0 aliphatic heterocycles. The van der Waals surface area contributed by atoms with Gasteiger partial charge in [0.15, 0.2) is 0 Å². The number of hydrogen-bond donors (Lipinski definition) is 0. The van der Waals surface area contributed by atoms with Crippen molar-refractivity contribution in [2.24, 2.45) is 0 Å². The second-order valence-electron chi connectivity index (χ2n) is 4.62. The molecule has 20 heavy (non-hydrogen) atoms. The number of nitro groups is 1. The van der Waals surface area contributed by atoms with E-state index in [2.05, 4.69) is 4.74 Å². The van der Waals surface area contributed by atoms with Crippen molar-refractivity contribution in [1.29, 1.82) is 0 Å². The van der Waals surface area contributed by atoms with Gasteiger partial charge in [0, 0.05) is 0 Å². The fourth-order valence-corrected chi connectivity index (χ4v) is 2.59. The van der Waals surface area contributed by atoms with Crippen LogP contribution in [0.5, 0.6) is 0 Å². The molecule has 0 aromatic heterocycles. The molecule has 0 unspecified atom stereocenters. The Kier molecular flexibility index (Phi) is 2.75. The van der Waals surface area contributed by atoms with Gasteiger partial charge in [-0.05, 0) is 35.3 Å². The van der Waals surface area contributed by atoms with E-state index in [0.29, 0.717) is 5.56 Å². The van der Waals surface area contributed by atoms with E-state index < -0.39 is 10.9 Å². The first-order chi connectivity index (χ1) is 9.61. The highest BCUT2D eigenvalue weighted by Gasteiger charge is 2.29. The van der Waals surface area contributed by atoms with Crippen molar-refractivity contribution in [2.45, 2.75) is 6.42 Å². The Balaban J connectivity index is 2.23. The van der Waals surface area contributed by atoms with E-state index in [-0.39, 0.29) is 11.3 Å². The molecule has 0 radical (unpaired) electrons. The predicted octanol–water partition coefficient (Wildman–Crippen LogP) is 3.03. The summed E-state index contributed by atoms with van der Waals surface area (Å²) in [7, 11) is 1.21. The Morgan fingerprint density at radius 2 is 2.15 bits per heavy atom. The van der Waals surface area contributed by atoms with E-state index in [4.69, 9.17) is 0 Å². The molecule has 0 N–H and O–H groups in total. The first-order valence-corrected chi connectivity index (χ1v) is 6.09. The van der Waals surface area contributed by atoms with E-state index >= 15 is 0 Å². The molecule has 2 aliphatic carbocycles. The summed E-state index contributed by atoms with van der Waals surface area (Å²) in [6.07, 6.45) is 6.68. The number of carbonyl (C=O) groups excluding carboxylic acids is 1. The third-order valence-electron chi connectivity index (χ3n) is 3.48. The van der Waals surface area contributed by atoms with Gasteiger partial charge in [-0.3, -0.25) is 10.1 Å². The van der Waals surface area contributed by atoms with Crippen LogP contribution in [-0.2, 0) is 4.74 Å². The monoisotopic (exact) mass is 269 g/mol. The Labute approximate surface area is 115 Å². The highest BCUT2D eigenvalue weighted by Crippen LogP contribution is 2.42. The third kappa shape index (κ3) is 1.75. The average Bonchev–Trinajstić information content (AvgIpc) is 3.08. The van der Waals surface area contributed by atoms with E-state index in [0.717, 1.165) is 23.1 Å². The maximum atomic E-state index is 11.7. The summed E-state index contributed by atoms with van der Waals surface area (Å²) in [5.74, 6) is -0.699. The van der Waals surface area contributed by atoms with Crippen molar-refractivity contribution in [3.8, 4) is 0 Å². The molecule has 2 bridgehead atoms. The highest BCUT2D eigenvalue weighted by molar-refractivity contribution is 5.99. The molecule has 0 saturated carbocycles. The molecule has 2 aliphatic rings. The molecule has 100 valence electrons. The number of allylic oxidation sites excluding steroid dienone is 6. The maximum absolute atomic E-state index is 11.7. The Morgan fingerprint density at radius 3 is 2.70 bits per heavy atom. The Bertz CT molecular complexity index is 725. The van der Waals surface area contributed by atoms with Crippen LogP contribution in [0.1, 0.15) is 22.3 Å². The molecule has 0 atom stereocenters. The quantitative estimate of drug-likeness (QED) is 0.480. The van der Waals surface area contributed by atoms with Gasteiger partial charge < -0.3 is 4.74 Å². The average molecular weight is 269 g/mol. The second-order valence-corrected chi connectivity index (χ2v) is 4.62. The van der Waals surface area contributed by atoms with Gasteiger partial charge in [-0.1, -0.05) is 24.3 Å². The Morgan fingerprint density at radius 1 is 1.35 bits per heavy atom. The van der Waals surface area contributed by atoms with Crippen LogP contribution in [0.3, 0.4) is 0 Å². The summed E-state index contributed by atoms with van der Waals surface area (Å²) >= 11 is 0. The topological polar surface area (TPSA) is 69.4 Å². The second kappa shape index (κ2) is 4.45. The summed E-state index contributed by atoms with van der Waals surface area (Å²) in [5.41, 5.74) is 3.25. The van der Waals surface area contributed by atoms with Crippen LogP contribution in [0.25, 0.3) is 5.57 Å². The van der Waals surface area contributed by atoms with E-state index in [9.17, 15) is 14.9 Å². The van der Waals surface area contributed by atoms with Crippen molar-refractivity contribution in [1.82, 2.24) is 0 Å². The lowest BCUT2D eigenvalue weighted by atomic mass is 9.97.